The van der Waals surface area contributed by atoms with E-state index in [-0.39, 0.29) is 18.1 Å². The molecule has 21 heavy (non-hydrogen) atoms. The summed E-state index contributed by atoms with van der Waals surface area (Å²) < 4.78 is 7.35. The monoisotopic (exact) mass is 368 g/mol. The van der Waals surface area contributed by atoms with Gasteiger partial charge >= 0.3 is 5.91 Å². The maximum atomic E-state index is 11.7. The lowest BCUT2D eigenvalue weighted by Gasteiger charge is -2.04. The van der Waals surface area contributed by atoms with Gasteiger partial charge in [0.2, 0.25) is 5.91 Å². The van der Waals surface area contributed by atoms with Gasteiger partial charge in [-0.3, -0.25) is 24.8 Å². The Hall–Kier alpha value is -2.13. The predicted molar refractivity (Wildman–Crippen MR) is 78.8 cm³/mol. The van der Waals surface area contributed by atoms with E-state index in [2.05, 4.69) is 31.8 Å². The van der Waals surface area contributed by atoms with Crippen LogP contribution in [0.5, 0.6) is 0 Å². The summed E-state index contributed by atoms with van der Waals surface area (Å²) in [6.07, 6.45) is 3.72. The highest BCUT2D eigenvalue weighted by Crippen LogP contribution is 2.13. The van der Waals surface area contributed by atoms with Crippen molar-refractivity contribution < 1.29 is 14.0 Å². The minimum atomic E-state index is -0.528. The second-order valence-corrected chi connectivity index (χ2v) is 5.76. The highest BCUT2D eigenvalue weighted by molar-refractivity contribution is 9.10. The standard InChI is InChI=1S/C12H9BrN4O3S/c13-9-2-1-8(20-9)11(19)16-15-10(18)5-7-6-17-3-4-21-12(17)14-7/h1-4,6H,5H2,(H,15,18)(H,16,19). The number of halogens is 1. The predicted octanol–water partition coefficient (Wildman–Crippen LogP) is 1.75. The molecule has 0 saturated carbocycles. The molecule has 9 heteroatoms. The molecule has 0 radical (unpaired) electrons. The molecule has 108 valence electrons. The van der Waals surface area contributed by atoms with Crippen molar-refractivity contribution >= 4 is 44.0 Å². The molecular weight excluding hydrogens is 360 g/mol. The fraction of sp³-hybridized carbons (Fsp3) is 0.0833. The number of carbonyl (C=O) groups excluding carboxylic acids is 2. The smallest absolute Gasteiger partial charge is 0.305 e. The van der Waals surface area contributed by atoms with Gasteiger partial charge in [-0.25, -0.2) is 4.98 Å². The van der Waals surface area contributed by atoms with Crippen LogP contribution in [0.25, 0.3) is 4.96 Å². The molecular formula is C12H9BrN4O3S. The van der Waals surface area contributed by atoms with E-state index in [0.29, 0.717) is 10.4 Å². The zero-order chi connectivity index (χ0) is 14.8. The van der Waals surface area contributed by atoms with Gasteiger partial charge in [-0.1, -0.05) is 0 Å². The number of imidazole rings is 1. The number of fused-ring (bicyclic) bond motifs is 1. The molecule has 7 nitrogen and oxygen atoms in total. The first-order valence-electron chi connectivity index (χ1n) is 5.87. The van der Waals surface area contributed by atoms with E-state index in [1.54, 1.807) is 12.3 Å². The lowest BCUT2D eigenvalue weighted by molar-refractivity contribution is -0.121. The maximum absolute atomic E-state index is 11.7. The van der Waals surface area contributed by atoms with Gasteiger partial charge in [-0.05, 0) is 28.1 Å². The van der Waals surface area contributed by atoms with Gasteiger partial charge in [-0.15, -0.1) is 11.3 Å². The summed E-state index contributed by atoms with van der Waals surface area (Å²) in [6.45, 7) is 0. The molecule has 0 bridgehead atoms. The molecule has 3 heterocycles. The molecule has 0 spiro atoms. The first-order chi connectivity index (χ1) is 10.1. The van der Waals surface area contributed by atoms with Crippen molar-refractivity contribution in [1.29, 1.82) is 0 Å². The lowest BCUT2D eigenvalue weighted by Crippen LogP contribution is -2.42. The van der Waals surface area contributed by atoms with Gasteiger partial charge in [0.25, 0.3) is 0 Å². The minimum absolute atomic E-state index is 0.0799. The molecule has 0 aliphatic rings. The average molecular weight is 369 g/mol. The quantitative estimate of drug-likeness (QED) is 0.689. The third-order valence-electron chi connectivity index (χ3n) is 2.60. The van der Waals surface area contributed by atoms with E-state index in [9.17, 15) is 9.59 Å². The third kappa shape index (κ3) is 3.14. The number of nitrogens with one attached hydrogen (secondary N) is 2. The highest BCUT2D eigenvalue weighted by Gasteiger charge is 2.12. The lowest BCUT2D eigenvalue weighted by atomic mass is 10.3. The van der Waals surface area contributed by atoms with Crippen LogP contribution in [-0.2, 0) is 11.2 Å². The van der Waals surface area contributed by atoms with Crippen molar-refractivity contribution in [3.05, 3.63) is 46.0 Å². The van der Waals surface area contributed by atoms with Crippen molar-refractivity contribution in [3.63, 3.8) is 0 Å². The van der Waals surface area contributed by atoms with Crippen LogP contribution in [0.1, 0.15) is 16.2 Å². The molecule has 0 atom stereocenters. The van der Waals surface area contributed by atoms with Crippen molar-refractivity contribution in [2.75, 3.05) is 0 Å². The zero-order valence-electron chi connectivity index (χ0n) is 10.5. The molecule has 3 aromatic heterocycles. The number of hydrazine groups is 1. The summed E-state index contributed by atoms with van der Waals surface area (Å²) in [5.74, 6) is -0.788. The van der Waals surface area contributed by atoms with E-state index in [4.69, 9.17) is 4.42 Å². The maximum Gasteiger partial charge on any atom is 0.305 e. The normalized spacial score (nSPS) is 10.7. The average Bonchev–Trinajstić information content (AvgIpc) is 3.11. The summed E-state index contributed by atoms with van der Waals surface area (Å²) >= 11 is 4.58. The number of amides is 2. The van der Waals surface area contributed by atoms with E-state index in [1.165, 1.54) is 17.4 Å². The van der Waals surface area contributed by atoms with Crippen LogP contribution >= 0.6 is 27.3 Å². The Morgan fingerprint density at radius 2 is 2.24 bits per heavy atom. The van der Waals surface area contributed by atoms with Crippen molar-refractivity contribution in [1.82, 2.24) is 20.2 Å². The molecule has 3 aromatic rings. The Balaban J connectivity index is 1.54. The molecule has 2 amide bonds. The van der Waals surface area contributed by atoms with Gasteiger partial charge in [0, 0.05) is 17.8 Å². The van der Waals surface area contributed by atoms with Crippen LogP contribution in [0.4, 0.5) is 0 Å². The van der Waals surface area contributed by atoms with E-state index >= 15 is 0 Å². The van der Waals surface area contributed by atoms with Gasteiger partial charge in [0.05, 0.1) is 12.1 Å². The summed E-state index contributed by atoms with van der Waals surface area (Å²) in [6, 6.07) is 3.09. The number of hydrogen-bond acceptors (Lipinski definition) is 5. The molecule has 0 fully saturated rings. The Kier molecular flexibility index (Phi) is 3.76. The largest absolute Gasteiger partial charge is 0.444 e. The number of rotatable bonds is 3. The fourth-order valence-electron chi connectivity index (χ4n) is 1.69. The third-order valence-corrected chi connectivity index (χ3v) is 3.79. The van der Waals surface area contributed by atoms with Crippen LogP contribution in [0.3, 0.4) is 0 Å². The van der Waals surface area contributed by atoms with Gasteiger partial charge < -0.3 is 4.42 Å². The second-order valence-electron chi connectivity index (χ2n) is 4.11. The highest BCUT2D eigenvalue weighted by atomic mass is 79.9. The molecule has 2 N–H and O–H groups in total. The summed E-state index contributed by atoms with van der Waals surface area (Å²) in [5.41, 5.74) is 5.22. The van der Waals surface area contributed by atoms with Crippen molar-refractivity contribution in [3.8, 4) is 0 Å². The van der Waals surface area contributed by atoms with Crippen LogP contribution < -0.4 is 10.9 Å². The second kappa shape index (κ2) is 5.70. The molecule has 0 unspecified atom stereocenters. The number of nitrogens with zero attached hydrogens (tertiary/aromatic N) is 2. The zero-order valence-corrected chi connectivity index (χ0v) is 12.9. The number of furan rings is 1. The van der Waals surface area contributed by atoms with Crippen LogP contribution in [0.15, 0.2) is 39.0 Å². The van der Waals surface area contributed by atoms with Crippen LogP contribution in [0, 0.1) is 0 Å². The Morgan fingerprint density at radius 3 is 2.95 bits per heavy atom. The molecule has 3 rings (SSSR count). The summed E-state index contributed by atoms with van der Waals surface area (Å²) in [5, 5.41) is 1.91. The topological polar surface area (TPSA) is 88.6 Å². The molecule has 0 saturated heterocycles. The van der Waals surface area contributed by atoms with Crippen molar-refractivity contribution in [2.45, 2.75) is 6.42 Å². The summed E-state index contributed by atoms with van der Waals surface area (Å²) in [7, 11) is 0. The number of aromatic nitrogens is 2. The van der Waals surface area contributed by atoms with E-state index < -0.39 is 5.91 Å². The van der Waals surface area contributed by atoms with Crippen molar-refractivity contribution in [2.24, 2.45) is 0 Å². The van der Waals surface area contributed by atoms with Crippen LogP contribution in [0.2, 0.25) is 0 Å². The van der Waals surface area contributed by atoms with Gasteiger partial charge in [0.1, 0.15) is 0 Å². The van der Waals surface area contributed by atoms with Crippen LogP contribution in [-0.4, -0.2) is 21.2 Å². The SMILES string of the molecule is O=C(Cc1cn2ccsc2n1)NNC(=O)c1ccc(Br)o1. The van der Waals surface area contributed by atoms with Gasteiger partial charge in [0.15, 0.2) is 15.4 Å². The number of hydrogen-bond donors (Lipinski definition) is 2. The van der Waals surface area contributed by atoms with E-state index in [1.807, 2.05) is 16.0 Å². The van der Waals surface area contributed by atoms with Gasteiger partial charge in [-0.2, -0.15) is 0 Å². The van der Waals surface area contributed by atoms with E-state index in [0.717, 1.165) is 4.96 Å². The molecule has 0 aliphatic heterocycles. The Labute approximate surface area is 131 Å². The number of thiazole rings is 1. The minimum Gasteiger partial charge on any atom is -0.444 e. The molecule has 0 aromatic carbocycles. The first kappa shape index (κ1) is 13.8. The molecule has 0 aliphatic carbocycles. The Bertz CT molecular complexity index is 778. The first-order valence-corrected chi connectivity index (χ1v) is 7.54. The number of carbonyl (C=O) groups is 2. The Morgan fingerprint density at radius 1 is 1.38 bits per heavy atom. The summed E-state index contributed by atoms with van der Waals surface area (Å²) in [4.78, 5) is 28.5. The fourth-order valence-corrected chi connectivity index (χ4v) is 2.72.